The summed E-state index contributed by atoms with van der Waals surface area (Å²) < 4.78 is 0. The molecule has 0 spiro atoms. The van der Waals surface area contributed by atoms with E-state index in [1.54, 1.807) is 36.4 Å². The van der Waals surface area contributed by atoms with Gasteiger partial charge in [0.15, 0.2) is 0 Å². The predicted molar refractivity (Wildman–Crippen MR) is 90.3 cm³/mol. The zero-order chi connectivity index (χ0) is 15.4. The number of carbonyl (C=O) groups is 2. The minimum Gasteiger partial charge on any atom is -0.288 e. The Hall–Kier alpha value is -1.20. The van der Waals surface area contributed by atoms with Gasteiger partial charge >= 0.3 is 0 Å². The van der Waals surface area contributed by atoms with E-state index in [0.29, 0.717) is 31.0 Å². The van der Waals surface area contributed by atoms with Gasteiger partial charge in [0.2, 0.25) is 11.6 Å². The van der Waals surface area contributed by atoms with E-state index in [2.05, 4.69) is 0 Å². The van der Waals surface area contributed by atoms with Crippen molar-refractivity contribution in [3.63, 3.8) is 0 Å². The van der Waals surface area contributed by atoms with Crippen molar-refractivity contribution in [3.05, 3.63) is 67.4 Å². The van der Waals surface area contributed by atoms with Gasteiger partial charge in [-0.05, 0) is 36.4 Å². The van der Waals surface area contributed by atoms with Gasteiger partial charge in [0.1, 0.15) is 0 Å². The molecule has 0 bridgehead atoms. The van der Waals surface area contributed by atoms with Crippen LogP contribution in [0.1, 0.15) is 20.7 Å². The maximum atomic E-state index is 12.5. The van der Waals surface area contributed by atoms with Crippen LogP contribution in [0.4, 0.5) is 0 Å². The second-order valence-electron chi connectivity index (χ2n) is 4.80. The van der Waals surface area contributed by atoms with Gasteiger partial charge < -0.3 is 0 Å². The van der Waals surface area contributed by atoms with Gasteiger partial charge in [-0.1, -0.05) is 46.7 Å². The van der Waals surface area contributed by atoms with Crippen LogP contribution in [0.3, 0.4) is 0 Å². The van der Waals surface area contributed by atoms with Gasteiger partial charge in [-0.3, -0.25) is 9.59 Å². The number of ketones is 2. The number of allylic oxidation sites excluding steroid dienone is 2. The van der Waals surface area contributed by atoms with Crippen molar-refractivity contribution >= 4 is 58.3 Å². The second-order valence-corrected chi connectivity index (χ2v) is 7.78. The van der Waals surface area contributed by atoms with Crippen LogP contribution in [0.25, 0.3) is 0 Å². The number of halogens is 2. The highest BCUT2D eigenvalue weighted by molar-refractivity contribution is 8.08. The Bertz CT molecular complexity index is 830. The molecule has 0 saturated heterocycles. The number of hydrogen-bond donors (Lipinski definition) is 0. The van der Waals surface area contributed by atoms with Crippen LogP contribution in [0, 0.1) is 0 Å². The summed E-state index contributed by atoms with van der Waals surface area (Å²) in [6.45, 7) is 0. The fraction of sp³-hybridized carbons (Fsp3) is 0. The first-order valence-electron chi connectivity index (χ1n) is 6.33. The maximum absolute atomic E-state index is 12.5. The van der Waals surface area contributed by atoms with E-state index in [-0.39, 0.29) is 11.6 Å². The van der Waals surface area contributed by atoms with Gasteiger partial charge in [-0.15, -0.1) is 0 Å². The minimum absolute atomic E-state index is 0.119. The number of Topliss-reactive ketones (excluding diaryl/α,β-unsaturated/α-hetero) is 2. The SMILES string of the molecule is O=C1/C(=C2/Sc3cc(Cl)ccc3C2=O)Sc2cc(Cl)ccc21. The summed E-state index contributed by atoms with van der Waals surface area (Å²) in [6.07, 6.45) is 0. The number of thioether (sulfide) groups is 2. The highest BCUT2D eigenvalue weighted by Gasteiger charge is 2.36. The van der Waals surface area contributed by atoms with Crippen molar-refractivity contribution in [2.24, 2.45) is 0 Å². The smallest absolute Gasteiger partial charge is 0.202 e. The van der Waals surface area contributed by atoms with Crippen molar-refractivity contribution in [3.8, 4) is 0 Å². The standard InChI is InChI=1S/C16H6Cl2O2S2/c17-7-1-3-9-11(5-7)21-15(13(9)19)16-14(20)10-4-2-8(18)6-12(10)22-16/h1-6H/b16-15-. The third-order valence-corrected chi connectivity index (χ3v) is 6.32. The molecular weight excluding hydrogens is 359 g/mol. The van der Waals surface area contributed by atoms with Crippen LogP contribution in [0.5, 0.6) is 0 Å². The van der Waals surface area contributed by atoms with Gasteiger partial charge in [-0.25, -0.2) is 0 Å². The molecule has 0 amide bonds. The Morgan fingerprint density at radius 1 is 0.682 bits per heavy atom. The van der Waals surface area contributed by atoms with E-state index < -0.39 is 0 Å². The van der Waals surface area contributed by atoms with Crippen molar-refractivity contribution in [1.29, 1.82) is 0 Å². The van der Waals surface area contributed by atoms with Crippen LogP contribution >= 0.6 is 46.7 Å². The molecule has 0 saturated carbocycles. The number of benzene rings is 2. The normalized spacial score (nSPS) is 19.5. The van der Waals surface area contributed by atoms with Crippen molar-refractivity contribution < 1.29 is 9.59 Å². The molecule has 2 aromatic rings. The van der Waals surface area contributed by atoms with E-state index in [4.69, 9.17) is 23.2 Å². The van der Waals surface area contributed by atoms with E-state index in [0.717, 1.165) is 9.79 Å². The average molecular weight is 365 g/mol. The first-order valence-corrected chi connectivity index (χ1v) is 8.72. The second kappa shape index (κ2) is 5.17. The average Bonchev–Trinajstić information content (AvgIpc) is 2.96. The molecule has 2 aromatic carbocycles. The van der Waals surface area contributed by atoms with E-state index in [1.165, 1.54) is 23.5 Å². The quantitative estimate of drug-likeness (QED) is 0.579. The van der Waals surface area contributed by atoms with Crippen LogP contribution in [0.2, 0.25) is 10.0 Å². The molecule has 0 aliphatic carbocycles. The van der Waals surface area contributed by atoms with Gasteiger partial charge in [0.05, 0.1) is 9.81 Å². The number of fused-ring (bicyclic) bond motifs is 2. The van der Waals surface area contributed by atoms with Crippen molar-refractivity contribution in [2.75, 3.05) is 0 Å². The molecule has 0 fully saturated rings. The number of carbonyl (C=O) groups excluding carboxylic acids is 2. The van der Waals surface area contributed by atoms with Crippen molar-refractivity contribution in [2.45, 2.75) is 9.79 Å². The van der Waals surface area contributed by atoms with E-state index in [1.807, 2.05) is 0 Å². The van der Waals surface area contributed by atoms with Crippen LogP contribution < -0.4 is 0 Å². The summed E-state index contributed by atoms with van der Waals surface area (Å²) >= 11 is 14.6. The molecule has 2 nitrogen and oxygen atoms in total. The molecule has 4 rings (SSSR count). The topological polar surface area (TPSA) is 34.1 Å². The third kappa shape index (κ3) is 2.14. The Kier molecular flexibility index (Phi) is 3.38. The highest BCUT2D eigenvalue weighted by Crippen LogP contribution is 2.50. The third-order valence-electron chi connectivity index (χ3n) is 3.42. The van der Waals surface area contributed by atoms with Gasteiger partial charge in [-0.2, -0.15) is 0 Å². The first-order chi connectivity index (χ1) is 10.5. The molecule has 2 aliphatic rings. The summed E-state index contributed by atoms with van der Waals surface area (Å²) in [6, 6.07) is 10.3. The van der Waals surface area contributed by atoms with Crippen molar-refractivity contribution in [1.82, 2.24) is 0 Å². The molecule has 0 unspecified atom stereocenters. The lowest BCUT2D eigenvalue weighted by atomic mass is 10.1. The monoisotopic (exact) mass is 364 g/mol. The molecule has 2 heterocycles. The lowest BCUT2D eigenvalue weighted by molar-refractivity contribution is 0.101. The lowest BCUT2D eigenvalue weighted by Crippen LogP contribution is -2.01. The largest absolute Gasteiger partial charge is 0.288 e. The van der Waals surface area contributed by atoms with Gasteiger partial charge in [0, 0.05) is 31.0 Å². The summed E-state index contributed by atoms with van der Waals surface area (Å²) in [7, 11) is 0. The fourth-order valence-corrected chi connectivity index (χ4v) is 5.25. The van der Waals surface area contributed by atoms with E-state index >= 15 is 0 Å². The fourth-order valence-electron chi connectivity index (χ4n) is 2.39. The molecule has 0 radical (unpaired) electrons. The predicted octanol–water partition coefficient (Wildman–Crippen LogP) is 5.48. The van der Waals surface area contributed by atoms with Crippen LogP contribution in [-0.2, 0) is 0 Å². The highest BCUT2D eigenvalue weighted by atomic mass is 35.5. The Labute approximate surface area is 144 Å². The molecule has 0 aromatic heterocycles. The minimum atomic E-state index is -0.119. The summed E-state index contributed by atoms with van der Waals surface area (Å²) in [4.78, 5) is 27.6. The number of rotatable bonds is 0. The summed E-state index contributed by atoms with van der Waals surface area (Å²) in [5, 5.41) is 1.15. The molecule has 0 N–H and O–H groups in total. The summed E-state index contributed by atoms with van der Waals surface area (Å²) in [5.74, 6) is -0.238. The zero-order valence-corrected chi connectivity index (χ0v) is 14.0. The first kappa shape index (κ1) is 14.4. The molecule has 6 heteroatoms. The lowest BCUT2D eigenvalue weighted by Gasteiger charge is -1.98. The Morgan fingerprint density at radius 3 is 1.50 bits per heavy atom. The van der Waals surface area contributed by atoms with Crippen LogP contribution in [-0.4, -0.2) is 11.6 Å². The maximum Gasteiger partial charge on any atom is 0.202 e. The van der Waals surface area contributed by atoms with Gasteiger partial charge in [0.25, 0.3) is 0 Å². The molecule has 22 heavy (non-hydrogen) atoms. The van der Waals surface area contributed by atoms with E-state index in [9.17, 15) is 9.59 Å². The summed E-state index contributed by atoms with van der Waals surface area (Å²) in [5.41, 5.74) is 1.19. The zero-order valence-electron chi connectivity index (χ0n) is 10.9. The molecule has 0 atom stereocenters. The molecular formula is C16H6Cl2O2S2. The Morgan fingerprint density at radius 2 is 1.09 bits per heavy atom. The Balaban J connectivity index is 1.82. The number of hydrogen-bond acceptors (Lipinski definition) is 4. The molecule has 108 valence electrons. The molecule has 2 aliphatic heterocycles. The van der Waals surface area contributed by atoms with Crippen LogP contribution in [0.15, 0.2) is 56.0 Å².